The molecule has 20 heavy (non-hydrogen) atoms. The fraction of sp³-hybridized carbons (Fsp3) is 0.750. The predicted octanol–water partition coefficient (Wildman–Crippen LogP) is 2.36. The monoisotopic (exact) mass is 314 g/mol. The van der Waals surface area contributed by atoms with Crippen molar-refractivity contribution in [2.45, 2.75) is 42.7 Å². The average molecular weight is 315 g/mol. The first-order chi connectivity index (χ1) is 9.24. The van der Waals surface area contributed by atoms with Crippen LogP contribution in [0.4, 0.5) is 13.2 Å². The molecule has 1 saturated carbocycles. The summed E-state index contributed by atoms with van der Waals surface area (Å²) in [4.78, 5) is 11.0. The van der Waals surface area contributed by atoms with Crippen LogP contribution >= 0.6 is 11.6 Å². The van der Waals surface area contributed by atoms with Crippen LogP contribution in [0.15, 0.2) is 11.6 Å². The molecule has 1 aliphatic heterocycles. The molecule has 1 fully saturated rings. The molecular weight excluding hydrogens is 301 g/mol. The van der Waals surface area contributed by atoms with Crippen molar-refractivity contribution < 1.29 is 32.5 Å². The molecule has 0 radical (unpaired) electrons. The summed E-state index contributed by atoms with van der Waals surface area (Å²) in [5, 5.41) is 8.30. The number of methoxy groups -OCH3 is 1. The molecule has 5 atom stereocenters. The standard InChI is InChI=1S/C12H14ClF3O4/c1-19-6-2-5-3-7(11(17)18)10(12(14,15)16)20-9(5)8(13)4-6/h3,5-6,8-10H,2,4H2,1H3,(H,17,18). The van der Waals surface area contributed by atoms with E-state index >= 15 is 0 Å². The largest absolute Gasteiger partial charge is 0.478 e. The summed E-state index contributed by atoms with van der Waals surface area (Å²) in [5.41, 5.74) is -0.778. The molecule has 0 spiro atoms. The molecule has 2 rings (SSSR count). The fourth-order valence-electron chi connectivity index (χ4n) is 2.71. The van der Waals surface area contributed by atoms with Crippen molar-refractivity contribution in [3.63, 3.8) is 0 Å². The lowest BCUT2D eigenvalue weighted by molar-refractivity contribution is -0.233. The number of ether oxygens (including phenoxy) is 2. The molecule has 0 aromatic rings. The molecular formula is C12H14ClF3O4. The van der Waals surface area contributed by atoms with Crippen molar-refractivity contribution in [2.75, 3.05) is 7.11 Å². The zero-order chi connectivity index (χ0) is 15.1. The first kappa shape index (κ1) is 15.6. The summed E-state index contributed by atoms with van der Waals surface area (Å²) >= 11 is 6.06. The molecule has 0 aromatic carbocycles. The number of carbonyl (C=O) groups is 1. The van der Waals surface area contributed by atoms with Gasteiger partial charge in [-0.1, -0.05) is 6.08 Å². The van der Waals surface area contributed by atoms with Gasteiger partial charge in [-0.15, -0.1) is 11.6 Å². The topological polar surface area (TPSA) is 55.8 Å². The third-order valence-corrected chi connectivity index (χ3v) is 4.08. The van der Waals surface area contributed by atoms with Crippen molar-refractivity contribution >= 4 is 17.6 Å². The summed E-state index contributed by atoms with van der Waals surface area (Å²) < 4.78 is 48.8. The van der Waals surface area contributed by atoms with Gasteiger partial charge in [0, 0.05) is 13.0 Å². The Morgan fingerprint density at radius 1 is 1.50 bits per heavy atom. The Balaban J connectivity index is 2.32. The smallest absolute Gasteiger partial charge is 0.419 e. The van der Waals surface area contributed by atoms with Gasteiger partial charge in [0.1, 0.15) is 0 Å². The van der Waals surface area contributed by atoms with Crippen molar-refractivity contribution in [1.29, 1.82) is 0 Å². The number of hydrogen-bond donors (Lipinski definition) is 1. The third kappa shape index (κ3) is 2.94. The Labute approximate surface area is 118 Å². The molecule has 0 amide bonds. The minimum Gasteiger partial charge on any atom is -0.478 e. The van der Waals surface area contributed by atoms with Crippen LogP contribution in [0.25, 0.3) is 0 Å². The molecule has 1 aliphatic carbocycles. The normalized spacial score (nSPS) is 38.0. The highest BCUT2D eigenvalue weighted by atomic mass is 35.5. The maximum Gasteiger partial charge on any atom is 0.419 e. The van der Waals surface area contributed by atoms with E-state index in [1.807, 2.05) is 0 Å². The van der Waals surface area contributed by atoms with E-state index < -0.39 is 41.2 Å². The van der Waals surface area contributed by atoms with E-state index in [1.165, 1.54) is 7.11 Å². The molecule has 114 valence electrons. The number of hydrogen-bond acceptors (Lipinski definition) is 3. The lowest BCUT2D eigenvalue weighted by Gasteiger charge is -2.42. The van der Waals surface area contributed by atoms with Crippen molar-refractivity contribution in [1.82, 2.24) is 0 Å². The molecule has 1 heterocycles. The van der Waals surface area contributed by atoms with E-state index in [2.05, 4.69) is 0 Å². The van der Waals surface area contributed by atoms with E-state index in [0.717, 1.165) is 6.08 Å². The zero-order valence-electron chi connectivity index (χ0n) is 10.6. The third-order valence-electron chi connectivity index (χ3n) is 3.65. The lowest BCUT2D eigenvalue weighted by Crippen LogP contribution is -2.51. The highest BCUT2D eigenvalue weighted by molar-refractivity contribution is 6.21. The number of alkyl halides is 4. The van der Waals surface area contributed by atoms with Gasteiger partial charge in [0.05, 0.1) is 23.2 Å². The maximum atomic E-state index is 12.9. The summed E-state index contributed by atoms with van der Waals surface area (Å²) in [5.74, 6) is -2.11. The minimum absolute atomic E-state index is 0.212. The summed E-state index contributed by atoms with van der Waals surface area (Å²) in [7, 11) is 1.48. The minimum atomic E-state index is -4.77. The fourth-order valence-corrected chi connectivity index (χ4v) is 3.16. The summed E-state index contributed by atoms with van der Waals surface area (Å²) in [6.45, 7) is 0. The Hall–Kier alpha value is -0.790. The molecule has 5 unspecified atom stereocenters. The SMILES string of the molecule is COC1CC(Cl)C2OC(C(F)(F)F)C(C(=O)O)=CC2C1. The van der Waals surface area contributed by atoms with Gasteiger partial charge in [0.15, 0.2) is 6.10 Å². The van der Waals surface area contributed by atoms with Crippen LogP contribution in [0.3, 0.4) is 0 Å². The van der Waals surface area contributed by atoms with Gasteiger partial charge in [0.25, 0.3) is 0 Å². The average Bonchev–Trinajstić information content (AvgIpc) is 2.35. The maximum absolute atomic E-state index is 12.9. The first-order valence-corrected chi connectivity index (χ1v) is 6.51. The van der Waals surface area contributed by atoms with Crippen molar-refractivity contribution in [3.8, 4) is 0 Å². The van der Waals surface area contributed by atoms with Gasteiger partial charge >= 0.3 is 12.1 Å². The Bertz CT molecular complexity index is 423. The van der Waals surface area contributed by atoms with E-state index in [9.17, 15) is 18.0 Å². The zero-order valence-corrected chi connectivity index (χ0v) is 11.3. The second-order valence-electron chi connectivity index (χ2n) is 4.96. The van der Waals surface area contributed by atoms with Gasteiger partial charge in [-0.05, 0) is 12.8 Å². The molecule has 2 aliphatic rings. The Kier molecular flexibility index (Phi) is 4.32. The molecule has 8 heteroatoms. The molecule has 1 N–H and O–H groups in total. The van der Waals surface area contributed by atoms with Crippen LogP contribution in [0.2, 0.25) is 0 Å². The van der Waals surface area contributed by atoms with E-state index in [0.29, 0.717) is 12.8 Å². The second kappa shape index (κ2) is 5.54. The number of carboxylic acids is 1. The van der Waals surface area contributed by atoms with Gasteiger partial charge in [0.2, 0.25) is 0 Å². The van der Waals surface area contributed by atoms with Crippen LogP contribution in [-0.2, 0) is 14.3 Å². The van der Waals surface area contributed by atoms with Gasteiger partial charge in [-0.2, -0.15) is 13.2 Å². The van der Waals surface area contributed by atoms with Gasteiger partial charge in [-0.25, -0.2) is 4.79 Å². The van der Waals surface area contributed by atoms with Gasteiger partial charge in [-0.3, -0.25) is 0 Å². The summed E-state index contributed by atoms with van der Waals surface area (Å²) in [6.07, 6.45) is -6.37. The first-order valence-electron chi connectivity index (χ1n) is 6.08. The molecule has 0 bridgehead atoms. The Morgan fingerprint density at radius 2 is 2.15 bits per heavy atom. The Morgan fingerprint density at radius 3 is 2.65 bits per heavy atom. The lowest BCUT2D eigenvalue weighted by atomic mass is 9.80. The van der Waals surface area contributed by atoms with Crippen LogP contribution in [0.5, 0.6) is 0 Å². The quantitative estimate of drug-likeness (QED) is 0.795. The van der Waals surface area contributed by atoms with E-state index in [-0.39, 0.29) is 6.10 Å². The van der Waals surface area contributed by atoms with Gasteiger partial charge < -0.3 is 14.6 Å². The molecule has 4 nitrogen and oxygen atoms in total. The molecule has 0 aromatic heterocycles. The highest BCUT2D eigenvalue weighted by Gasteiger charge is 2.52. The van der Waals surface area contributed by atoms with Crippen molar-refractivity contribution in [3.05, 3.63) is 11.6 Å². The van der Waals surface area contributed by atoms with E-state index in [1.54, 1.807) is 0 Å². The second-order valence-corrected chi connectivity index (χ2v) is 5.52. The van der Waals surface area contributed by atoms with E-state index in [4.69, 9.17) is 26.2 Å². The number of carboxylic acid groups (broad SMARTS) is 1. The number of fused-ring (bicyclic) bond motifs is 1. The highest BCUT2D eigenvalue weighted by Crippen LogP contribution is 2.42. The van der Waals surface area contributed by atoms with Crippen LogP contribution in [-0.4, -0.2) is 48.1 Å². The number of aliphatic carboxylic acids is 1. The van der Waals surface area contributed by atoms with Crippen LogP contribution in [0, 0.1) is 5.92 Å². The number of rotatable bonds is 2. The number of halogens is 4. The van der Waals surface area contributed by atoms with Crippen LogP contribution < -0.4 is 0 Å². The van der Waals surface area contributed by atoms with Crippen LogP contribution in [0.1, 0.15) is 12.8 Å². The summed E-state index contributed by atoms with van der Waals surface area (Å²) in [6, 6.07) is 0. The van der Waals surface area contributed by atoms with Crippen molar-refractivity contribution in [2.24, 2.45) is 5.92 Å². The molecule has 0 saturated heterocycles. The predicted molar refractivity (Wildman–Crippen MR) is 63.6 cm³/mol.